The Bertz CT molecular complexity index is 926. The molecule has 0 atom stereocenters. The van der Waals surface area contributed by atoms with E-state index in [0.29, 0.717) is 23.7 Å². The van der Waals surface area contributed by atoms with Gasteiger partial charge < -0.3 is 15.2 Å². The van der Waals surface area contributed by atoms with Crippen molar-refractivity contribution in [2.45, 2.75) is 25.2 Å². The van der Waals surface area contributed by atoms with E-state index in [2.05, 4.69) is 10.2 Å². The number of nitrogens with zero attached hydrogens (tertiary/aromatic N) is 2. The Balaban J connectivity index is 2.49. The normalized spacial score (nSPS) is 11.7. The maximum absolute atomic E-state index is 11.6. The Morgan fingerprint density at radius 2 is 1.85 bits per heavy atom. The molecule has 8 nitrogen and oxygen atoms in total. The molecule has 9 heteroatoms. The van der Waals surface area contributed by atoms with E-state index in [9.17, 15) is 13.0 Å². The molecule has 2 aromatic carbocycles. The number of nitrogens with two attached hydrogens (primary N) is 1. The van der Waals surface area contributed by atoms with Crippen molar-refractivity contribution in [1.29, 1.82) is 0 Å². The second-order valence-electron chi connectivity index (χ2n) is 5.53. The molecule has 0 aliphatic rings. The van der Waals surface area contributed by atoms with E-state index in [1.165, 1.54) is 25.3 Å². The molecule has 0 saturated heterocycles. The molecule has 0 amide bonds. The highest BCUT2D eigenvalue weighted by Crippen LogP contribution is 2.35. The average molecular weight is 379 g/mol. The number of ether oxygens (including phenoxy) is 2. The van der Waals surface area contributed by atoms with Crippen LogP contribution < -0.4 is 15.2 Å². The molecule has 26 heavy (non-hydrogen) atoms. The van der Waals surface area contributed by atoms with Crippen LogP contribution in [0.5, 0.6) is 11.5 Å². The quantitative estimate of drug-likeness (QED) is 0.425. The first kappa shape index (κ1) is 19.7. The molecule has 0 aliphatic carbocycles. The van der Waals surface area contributed by atoms with Gasteiger partial charge in [0, 0.05) is 17.8 Å². The number of hydrogen-bond acceptors (Lipinski definition) is 7. The van der Waals surface area contributed by atoms with E-state index < -0.39 is 15.0 Å². The number of rotatable bonds is 7. The second-order valence-corrected chi connectivity index (χ2v) is 6.92. The molecule has 2 rings (SSSR count). The van der Waals surface area contributed by atoms with Gasteiger partial charge in [0.2, 0.25) is 0 Å². The van der Waals surface area contributed by atoms with E-state index in [-0.39, 0.29) is 11.4 Å². The first-order chi connectivity index (χ1) is 12.3. The summed E-state index contributed by atoms with van der Waals surface area (Å²) in [6, 6.07) is 7.43. The summed E-state index contributed by atoms with van der Waals surface area (Å²) in [5.74, 6) is 0.715. The summed E-state index contributed by atoms with van der Waals surface area (Å²) in [4.78, 5) is -0.399. The second kappa shape index (κ2) is 8.15. The average Bonchev–Trinajstić information content (AvgIpc) is 2.60. The van der Waals surface area contributed by atoms with E-state index in [1.807, 2.05) is 13.8 Å². The van der Waals surface area contributed by atoms with Gasteiger partial charge in [0.05, 0.1) is 13.7 Å². The molecule has 0 radical (unpaired) electrons. The third-order valence-electron chi connectivity index (χ3n) is 3.52. The summed E-state index contributed by atoms with van der Waals surface area (Å²) in [5, 5.41) is 8.06. The van der Waals surface area contributed by atoms with Crippen LogP contribution in [0.2, 0.25) is 0 Å². The zero-order valence-corrected chi connectivity index (χ0v) is 15.6. The number of hydrogen-bond donors (Lipinski definition) is 2. The maximum atomic E-state index is 11.6. The van der Waals surface area contributed by atoms with Crippen molar-refractivity contribution < 1.29 is 22.4 Å². The highest BCUT2D eigenvalue weighted by atomic mass is 32.2. The zero-order chi connectivity index (χ0) is 19.3. The summed E-state index contributed by atoms with van der Waals surface area (Å²) < 4.78 is 43.2. The highest BCUT2D eigenvalue weighted by molar-refractivity contribution is 7.86. The number of aryl methyl sites for hydroxylation is 1. The number of azo groups is 1. The van der Waals surface area contributed by atoms with Crippen LogP contribution in [-0.4, -0.2) is 26.7 Å². The predicted octanol–water partition coefficient (Wildman–Crippen LogP) is 4.04. The fourth-order valence-corrected chi connectivity index (χ4v) is 2.75. The molecule has 2 aromatic rings. The van der Waals surface area contributed by atoms with Crippen molar-refractivity contribution >= 4 is 27.2 Å². The molecule has 0 saturated carbocycles. The molecule has 0 fully saturated rings. The van der Waals surface area contributed by atoms with Crippen molar-refractivity contribution in [2.24, 2.45) is 10.2 Å². The van der Waals surface area contributed by atoms with Crippen LogP contribution in [0, 0.1) is 6.92 Å². The molecule has 0 aliphatic heterocycles. The van der Waals surface area contributed by atoms with Gasteiger partial charge in [0.15, 0.2) is 0 Å². The molecule has 3 N–H and O–H groups in total. The van der Waals surface area contributed by atoms with Gasteiger partial charge in [0.1, 0.15) is 27.8 Å². The van der Waals surface area contributed by atoms with Gasteiger partial charge in [-0.2, -0.15) is 8.42 Å². The number of anilines is 1. The molecule has 0 bridgehead atoms. The molecule has 0 aromatic heterocycles. The van der Waals surface area contributed by atoms with Crippen molar-refractivity contribution in [3.63, 3.8) is 0 Å². The van der Waals surface area contributed by atoms with Gasteiger partial charge in [0.25, 0.3) is 10.1 Å². The summed E-state index contributed by atoms with van der Waals surface area (Å²) >= 11 is 0. The van der Waals surface area contributed by atoms with E-state index in [4.69, 9.17) is 15.2 Å². The fraction of sp³-hybridized carbons (Fsp3) is 0.294. The minimum absolute atomic E-state index is 0.0239. The largest absolute Gasteiger partial charge is 0.497 e. The van der Waals surface area contributed by atoms with Gasteiger partial charge in [-0.25, -0.2) is 0 Å². The van der Waals surface area contributed by atoms with Crippen molar-refractivity contribution in [3.8, 4) is 11.5 Å². The fourth-order valence-electron chi connectivity index (χ4n) is 2.11. The number of nitrogen functional groups attached to an aromatic ring is 1. The maximum Gasteiger partial charge on any atom is 0.296 e. The summed E-state index contributed by atoms with van der Waals surface area (Å²) in [6.07, 6.45) is 0.801. The lowest BCUT2D eigenvalue weighted by Crippen LogP contribution is -1.99. The van der Waals surface area contributed by atoms with Crippen LogP contribution in [-0.2, 0) is 10.1 Å². The molecule has 0 spiro atoms. The lowest BCUT2D eigenvalue weighted by Gasteiger charge is -2.10. The lowest BCUT2D eigenvalue weighted by atomic mass is 10.1. The van der Waals surface area contributed by atoms with Crippen LogP contribution >= 0.6 is 0 Å². The monoisotopic (exact) mass is 379 g/mol. The zero-order valence-electron chi connectivity index (χ0n) is 14.8. The lowest BCUT2D eigenvalue weighted by molar-refractivity contribution is 0.318. The van der Waals surface area contributed by atoms with Crippen LogP contribution in [0.25, 0.3) is 0 Å². The van der Waals surface area contributed by atoms with Gasteiger partial charge in [-0.3, -0.25) is 4.55 Å². The minimum Gasteiger partial charge on any atom is -0.497 e. The van der Waals surface area contributed by atoms with E-state index in [0.717, 1.165) is 12.0 Å². The van der Waals surface area contributed by atoms with Gasteiger partial charge >= 0.3 is 0 Å². The standard InChI is InChI=1S/C17H21N3O5S/c1-4-7-25-16-10-13(18)11(2)8-15(16)20-19-14-6-5-12(24-3)9-17(14)26(21,22)23/h5-6,8-10H,4,7,18H2,1-3H3,(H,21,22,23). The van der Waals surface area contributed by atoms with Crippen molar-refractivity contribution in [1.82, 2.24) is 0 Å². The minimum atomic E-state index is -4.49. The Hall–Kier alpha value is -2.65. The predicted molar refractivity (Wildman–Crippen MR) is 98.4 cm³/mol. The van der Waals surface area contributed by atoms with Gasteiger partial charge in [-0.05, 0) is 37.1 Å². The van der Waals surface area contributed by atoms with Crippen molar-refractivity contribution in [3.05, 3.63) is 35.9 Å². The Morgan fingerprint density at radius 1 is 1.15 bits per heavy atom. The first-order valence-corrected chi connectivity index (χ1v) is 9.30. The van der Waals surface area contributed by atoms with E-state index >= 15 is 0 Å². The summed E-state index contributed by atoms with van der Waals surface area (Å²) in [5.41, 5.74) is 7.62. The Labute approximate surface area is 152 Å². The first-order valence-electron chi connectivity index (χ1n) is 7.86. The van der Waals surface area contributed by atoms with Crippen LogP contribution in [0.1, 0.15) is 18.9 Å². The molecular weight excluding hydrogens is 358 g/mol. The summed E-state index contributed by atoms with van der Waals surface area (Å²) in [7, 11) is -3.11. The van der Waals surface area contributed by atoms with Crippen LogP contribution in [0.15, 0.2) is 45.5 Å². The van der Waals surface area contributed by atoms with Gasteiger partial charge in [-0.15, -0.1) is 10.2 Å². The SMILES string of the molecule is CCCOc1cc(N)c(C)cc1N=Nc1ccc(OC)cc1S(=O)(=O)O. The third kappa shape index (κ3) is 4.70. The third-order valence-corrected chi connectivity index (χ3v) is 4.40. The van der Waals surface area contributed by atoms with Crippen LogP contribution in [0.3, 0.4) is 0 Å². The smallest absolute Gasteiger partial charge is 0.296 e. The Kier molecular flexibility index (Phi) is 6.17. The number of methoxy groups -OCH3 is 1. The molecule has 140 valence electrons. The molecule has 0 unspecified atom stereocenters. The van der Waals surface area contributed by atoms with Crippen molar-refractivity contribution in [2.75, 3.05) is 19.5 Å². The molecular formula is C17H21N3O5S. The summed E-state index contributed by atoms with van der Waals surface area (Å²) in [6.45, 7) is 4.26. The van der Waals surface area contributed by atoms with Gasteiger partial charge in [-0.1, -0.05) is 6.92 Å². The molecule has 0 heterocycles. The van der Waals surface area contributed by atoms with E-state index in [1.54, 1.807) is 12.1 Å². The van der Waals surface area contributed by atoms with Crippen LogP contribution in [0.4, 0.5) is 17.1 Å². The number of benzene rings is 2. The Morgan fingerprint density at radius 3 is 2.46 bits per heavy atom. The highest BCUT2D eigenvalue weighted by Gasteiger charge is 2.17. The topological polar surface area (TPSA) is 124 Å².